The zero-order valence-corrected chi connectivity index (χ0v) is 11.4. The maximum absolute atomic E-state index is 13.1. The van der Waals surface area contributed by atoms with E-state index in [4.69, 9.17) is 5.73 Å². The van der Waals surface area contributed by atoms with Crippen LogP contribution in [0.25, 0.3) is 0 Å². The Morgan fingerprint density at radius 3 is 2.75 bits per heavy atom. The average molecular weight is 273 g/mol. The summed E-state index contributed by atoms with van der Waals surface area (Å²) in [5, 5.41) is 0. The van der Waals surface area contributed by atoms with Crippen LogP contribution >= 0.6 is 0 Å². The van der Waals surface area contributed by atoms with Crippen molar-refractivity contribution in [2.45, 2.75) is 13.5 Å². The lowest BCUT2D eigenvalue weighted by atomic mass is 10.1. The molecule has 2 rings (SSSR count). The lowest BCUT2D eigenvalue weighted by molar-refractivity contribution is 0.0785. The van der Waals surface area contributed by atoms with Gasteiger partial charge < -0.3 is 10.6 Å². The number of carbonyl (C=O) groups excluding carboxylic acids is 1. The Bertz CT molecular complexity index is 623. The molecule has 2 aromatic rings. The maximum atomic E-state index is 13.1. The lowest BCUT2D eigenvalue weighted by Crippen LogP contribution is -2.26. The van der Waals surface area contributed by atoms with E-state index in [1.165, 1.54) is 23.1 Å². The van der Waals surface area contributed by atoms with Crippen LogP contribution in [0.15, 0.2) is 36.4 Å². The van der Waals surface area contributed by atoms with Crippen LogP contribution in [0.2, 0.25) is 0 Å². The highest BCUT2D eigenvalue weighted by Gasteiger charge is 2.13. The number of pyridine rings is 1. The highest BCUT2D eigenvalue weighted by Crippen LogP contribution is 2.12. The summed E-state index contributed by atoms with van der Waals surface area (Å²) in [7, 11) is 1.67. The van der Waals surface area contributed by atoms with Gasteiger partial charge >= 0.3 is 0 Å². The average Bonchev–Trinajstić information content (AvgIpc) is 2.36. The summed E-state index contributed by atoms with van der Waals surface area (Å²) in [5.74, 6) is -0.175. The molecule has 5 heteroatoms. The second kappa shape index (κ2) is 5.69. The fraction of sp³-hybridized carbons (Fsp3) is 0.200. The van der Waals surface area contributed by atoms with Gasteiger partial charge in [-0.05, 0) is 36.8 Å². The minimum Gasteiger partial charge on any atom is -0.384 e. The van der Waals surface area contributed by atoms with E-state index in [1.54, 1.807) is 32.2 Å². The van der Waals surface area contributed by atoms with Crippen LogP contribution in [0.3, 0.4) is 0 Å². The molecule has 1 amide bonds. The van der Waals surface area contributed by atoms with Crippen LogP contribution in [-0.2, 0) is 6.54 Å². The van der Waals surface area contributed by atoms with Crippen molar-refractivity contribution in [2.24, 2.45) is 0 Å². The van der Waals surface area contributed by atoms with Crippen LogP contribution in [0.4, 0.5) is 10.2 Å². The van der Waals surface area contributed by atoms with Gasteiger partial charge in [0.2, 0.25) is 0 Å². The van der Waals surface area contributed by atoms with Gasteiger partial charge in [-0.25, -0.2) is 9.37 Å². The van der Waals surface area contributed by atoms with Gasteiger partial charge in [0, 0.05) is 24.8 Å². The van der Waals surface area contributed by atoms with Crippen LogP contribution in [0.5, 0.6) is 0 Å². The predicted molar refractivity (Wildman–Crippen MR) is 75.6 cm³/mol. The third-order valence-electron chi connectivity index (χ3n) is 2.88. The molecule has 0 aliphatic carbocycles. The van der Waals surface area contributed by atoms with Crippen LogP contribution in [-0.4, -0.2) is 22.8 Å². The van der Waals surface area contributed by atoms with Gasteiger partial charge in [0.25, 0.3) is 5.91 Å². The second-order valence-electron chi connectivity index (χ2n) is 4.71. The van der Waals surface area contributed by atoms with Gasteiger partial charge in [0.05, 0.1) is 0 Å². The molecule has 0 fully saturated rings. The predicted octanol–water partition coefficient (Wildman–Crippen LogP) is 2.38. The summed E-state index contributed by atoms with van der Waals surface area (Å²) in [6.07, 6.45) is 0. The van der Waals surface area contributed by atoms with Gasteiger partial charge in [-0.1, -0.05) is 12.1 Å². The second-order valence-corrected chi connectivity index (χ2v) is 4.71. The normalized spacial score (nSPS) is 10.3. The molecule has 0 bridgehead atoms. The molecule has 0 spiro atoms. The highest BCUT2D eigenvalue weighted by molar-refractivity contribution is 5.94. The highest BCUT2D eigenvalue weighted by atomic mass is 19.1. The molecule has 4 nitrogen and oxygen atoms in total. The molecular weight excluding hydrogens is 257 g/mol. The van der Waals surface area contributed by atoms with Gasteiger partial charge in [0.1, 0.15) is 11.6 Å². The van der Waals surface area contributed by atoms with E-state index in [2.05, 4.69) is 4.98 Å². The molecule has 1 heterocycles. The Hall–Kier alpha value is -2.43. The molecule has 1 aromatic carbocycles. The number of benzene rings is 1. The summed E-state index contributed by atoms with van der Waals surface area (Å²) >= 11 is 0. The van der Waals surface area contributed by atoms with Crippen molar-refractivity contribution in [1.82, 2.24) is 9.88 Å². The van der Waals surface area contributed by atoms with Crippen molar-refractivity contribution < 1.29 is 9.18 Å². The molecule has 1 aromatic heterocycles. The molecule has 0 radical (unpaired) electrons. The Morgan fingerprint density at radius 1 is 1.35 bits per heavy atom. The first-order valence-electron chi connectivity index (χ1n) is 6.20. The first-order valence-corrected chi connectivity index (χ1v) is 6.20. The number of rotatable bonds is 3. The molecule has 0 unspecified atom stereocenters. The topological polar surface area (TPSA) is 59.2 Å². The number of aromatic nitrogens is 1. The zero-order chi connectivity index (χ0) is 14.7. The van der Waals surface area contributed by atoms with Gasteiger partial charge in [0.15, 0.2) is 0 Å². The number of hydrogen-bond donors (Lipinski definition) is 1. The monoisotopic (exact) mass is 273 g/mol. The fourth-order valence-corrected chi connectivity index (χ4v) is 2.02. The number of amides is 1. The first kappa shape index (κ1) is 14.0. The summed E-state index contributed by atoms with van der Waals surface area (Å²) in [4.78, 5) is 17.8. The van der Waals surface area contributed by atoms with Crippen molar-refractivity contribution >= 4 is 11.7 Å². The van der Waals surface area contributed by atoms with E-state index in [-0.39, 0.29) is 11.7 Å². The molecule has 0 aliphatic heterocycles. The van der Waals surface area contributed by atoms with Crippen LogP contribution in [0, 0.1) is 12.7 Å². The van der Waals surface area contributed by atoms with E-state index >= 15 is 0 Å². The fourth-order valence-electron chi connectivity index (χ4n) is 2.02. The molecule has 2 N–H and O–H groups in total. The molecule has 0 saturated heterocycles. The number of nitrogen functional groups attached to an aromatic ring is 1. The van der Waals surface area contributed by atoms with E-state index < -0.39 is 0 Å². The zero-order valence-electron chi connectivity index (χ0n) is 11.4. The quantitative estimate of drug-likeness (QED) is 0.934. The van der Waals surface area contributed by atoms with Gasteiger partial charge in [-0.3, -0.25) is 4.79 Å². The third-order valence-corrected chi connectivity index (χ3v) is 2.88. The van der Waals surface area contributed by atoms with Crippen molar-refractivity contribution in [3.05, 3.63) is 59.0 Å². The summed E-state index contributed by atoms with van der Waals surface area (Å²) < 4.78 is 13.1. The smallest absolute Gasteiger partial charge is 0.254 e. The Balaban J connectivity index is 2.16. The molecule has 0 atom stereocenters. The molecule has 0 saturated carbocycles. The largest absolute Gasteiger partial charge is 0.384 e. The van der Waals surface area contributed by atoms with Gasteiger partial charge in [-0.2, -0.15) is 0 Å². The summed E-state index contributed by atoms with van der Waals surface area (Å²) in [5.41, 5.74) is 7.54. The summed E-state index contributed by atoms with van der Waals surface area (Å²) in [6, 6.07) is 9.41. The van der Waals surface area contributed by atoms with Crippen LogP contribution in [0.1, 0.15) is 21.6 Å². The number of halogens is 1. The van der Waals surface area contributed by atoms with Crippen LogP contribution < -0.4 is 5.73 Å². The molecule has 104 valence electrons. The minimum absolute atomic E-state index is 0.175. The molecular formula is C15H16FN3O. The van der Waals surface area contributed by atoms with E-state index in [1.807, 2.05) is 0 Å². The first-order chi connectivity index (χ1) is 9.45. The van der Waals surface area contributed by atoms with Crippen molar-refractivity contribution in [2.75, 3.05) is 12.8 Å². The Morgan fingerprint density at radius 2 is 2.10 bits per heavy atom. The van der Waals surface area contributed by atoms with Crippen molar-refractivity contribution in [3.63, 3.8) is 0 Å². The maximum Gasteiger partial charge on any atom is 0.254 e. The third kappa shape index (κ3) is 3.32. The number of anilines is 1. The van der Waals surface area contributed by atoms with E-state index in [0.717, 1.165) is 5.56 Å². The van der Waals surface area contributed by atoms with E-state index in [9.17, 15) is 9.18 Å². The number of aryl methyl sites for hydroxylation is 1. The Kier molecular flexibility index (Phi) is 3.98. The molecule has 20 heavy (non-hydrogen) atoms. The number of hydrogen-bond acceptors (Lipinski definition) is 3. The van der Waals surface area contributed by atoms with E-state index in [0.29, 0.717) is 23.6 Å². The minimum atomic E-state index is -0.313. The molecule has 0 aliphatic rings. The van der Waals surface area contributed by atoms with Crippen molar-refractivity contribution in [1.29, 1.82) is 0 Å². The number of nitrogens with zero attached hydrogens (tertiary/aromatic N) is 2. The number of carbonyl (C=O) groups is 1. The number of nitrogens with two attached hydrogens (primary N) is 1. The SMILES string of the molecule is Cc1cc(C(=O)N(C)Cc2cccc(F)c2)cc(N)n1. The lowest BCUT2D eigenvalue weighted by Gasteiger charge is -2.17. The van der Waals surface area contributed by atoms with Gasteiger partial charge in [-0.15, -0.1) is 0 Å². The standard InChI is InChI=1S/C15H16FN3O/c1-10-6-12(8-14(17)18-10)15(20)19(2)9-11-4-3-5-13(16)7-11/h3-8H,9H2,1-2H3,(H2,17,18). The van der Waals surface area contributed by atoms with Crippen molar-refractivity contribution in [3.8, 4) is 0 Å². The summed E-state index contributed by atoms with van der Waals surface area (Å²) in [6.45, 7) is 2.11. The Labute approximate surface area is 117 Å².